The number of ether oxygens (including phenoxy) is 1. The number of carbonyl (C=O) groups excluding carboxylic acids is 1. The molecule has 0 aliphatic carbocycles. The standard InChI is InChI=1S/C17H18N6O2/c24-17(5-8-23-15-4-2-1-3-13(15)20-21-23)22-9-10-25-16(12-22)14-11-18-6-7-19-14/h1-4,6-7,11,16H,5,8-10,12H2/t16-/m0/s1. The summed E-state index contributed by atoms with van der Waals surface area (Å²) in [7, 11) is 0. The smallest absolute Gasteiger partial charge is 0.224 e. The van der Waals surface area contributed by atoms with Crippen molar-refractivity contribution >= 4 is 16.9 Å². The van der Waals surface area contributed by atoms with Crippen LogP contribution in [0.3, 0.4) is 0 Å². The van der Waals surface area contributed by atoms with Gasteiger partial charge < -0.3 is 9.64 Å². The first-order valence-corrected chi connectivity index (χ1v) is 8.25. The third-order valence-electron chi connectivity index (χ3n) is 4.29. The van der Waals surface area contributed by atoms with Gasteiger partial charge in [0.05, 0.1) is 37.1 Å². The average molecular weight is 338 g/mol. The molecule has 4 rings (SSSR count). The van der Waals surface area contributed by atoms with Gasteiger partial charge in [0.1, 0.15) is 11.6 Å². The van der Waals surface area contributed by atoms with E-state index in [1.807, 2.05) is 29.2 Å². The summed E-state index contributed by atoms with van der Waals surface area (Å²) in [6.07, 6.45) is 5.09. The quantitative estimate of drug-likeness (QED) is 0.711. The van der Waals surface area contributed by atoms with E-state index in [9.17, 15) is 4.79 Å². The number of aryl methyl sites for hydroxylation is 1. The highest BCUT2D eigenvalue weighted by Gasteiger charge is 2.26. The van der Waals surface area contributed by atoms with E-state index in [0.29, 0.717) is 32.7 Å². The molecule has 1 aromatic carbocycles. The van der Waals surface area contributed by atoms with Crippen molar-refractivity contribution in [1.82, 2.24) is 29.9 Å². The van der Waals surface area contributed by atoms with Gasteiger partial charge in [-0.1, -0.05) is 17.3 Å². The molecule has 0 saturated carbocycles. The van der Waals surface area contributed by atoms with Gasteiger partial charge in [-0.15, -0.1) is 5.10 Å². The van der Waals surface area contributed by atoms with E-state index >= 15 is 0 Å². The minimum atomic E-state index is -0.224. The first kappa shape index (κ1) is 15.6. The maximum atomic E-state index is 12.6. The Morgan fingerprint density at radius 3 is 3.08 bits per heavy atom. The number of aromatic nitrogens is 5. The molecule has 1 aliphatic rings. The number of benzene rings is 1. The molecule has 2 aromatic heterocycles. The number of amides is 1. The second kappa shape index (κ2) is 6.94. The largest absolute Gasteiger partial charge is 0.368 e. The molecule has 3 heterocycles. The lowest BCUT2D eigenvalue weighted by Crippen LogP contribution is -2.42. The van der Waals surface area contributed by atoms with Crippen LogP contribution >= 0.6 is 0 Å². The maximum absolute atomic E-state index is 12.6. The number of hydrogen-bond acceptors (Lipinski definition) is 6. The highest BCUT2D eigenvalue weighted by molar-refractivity contribution is 5.77. The zero-order chi connectivity index (χ0) is 17.1. The van der Waals surface area contributed by atoms with Crippen LogP contribution in [0.2, 0.25) is 0 Å². The maximum Gasteiger partial charge on any atom is 0.224 e. The van der Waals surface area contributed by atoms with Gasteiger partial charge in [-0.2, -0.15) is 0 Å². The van der Waals surface area contributed by atoms with E-state index in [0.717, 1.165) is 16.7 Å². The molecule has 0 radical (unpaired) electrons. The fraction of sp³-hybridized carbons (Fsp3) is 0.353. The SMILES string of the molecule is O=C(CCn1nnc2ccccc21)N1CCO[C@H](c2cnccn2)C1. The molecule has 128 valence electrons. The van der Waals surface area contributed by atoms with E-state index in [4.69, 9.17) is 4.74 Å². The molecule has 1 atom stereocenters. The van der Waals surface area contributed by atoms with E-state index in [1.54, 1.807) is 23.3 Å². The number of carbonyl (C=O) groups is 1. The molecule has 1 amide bonds. The van der Waals surface area contributed by atoms with Crippen LogP contribution in [-0.2, 0) is 16.1 Å². The molecular formula is C17H18N6O2. The van der Waals surface area contributed by atoms with Gasteiger partial charge >= 0.3 is 0 Å². The third-order valence-corrected chi connectivity index (χ3v) is 4.29. The van der Waals surface area contributed by atoms with Crippen molar-refractivity contribution < 1.29 is 9.53 Å². The molecule has 0 unspecified atom stereocenters. The van der Waals surface area contributed by atoms with Crippen LogP contribution in [0.4, 0.5) is 0 Å². The molecule has 3 aromatic rings. The molecule has 1 fully saturated rings. The van der Waals surface area contributed by atoms with Gasteiger partial charge in [0.15, 0.2) is 0 Å². The van der Waals surface area contributed by atoms with Gasteiger partial charge in [0.25, 0.3) is 0 Å². The Labute approximate surface area is 144 Å². The zero-order valence-corrected chi connectivity index (χ0v) is 13.7. The van der Waals surface area contributed by atoms with Gasteiger partial charge in [0.2, 0.25) is 5.91 Å². The van der Waals surface area contributed by atoms with Crippen molar-refractivity contribution in [3.63, 3.8) is 0 Å². The molecule has 8 nitrogen and oxygen atoms in total. The van der Waals surface area contributed by atoms with E-state index in [-0.39, 0.29) is 12.0 Å². The molecule has 1 saturated heterocycles. The first-order valence-electron chi connectivity index (χ1n) is 8.25. The topological polar surface area (TPSA) is 86.0 Å². The van der Waals surface area contributed by atoms with Crippen molar-refractivity contribution in [3.8, 4) is 0 Å². The monoisotopic (exact) mass is 338 g/mol. The molecule has 8 heteroatoms. The van der Waals surface area contributed by atoms with Crippen LogP contribution in [0, 0.1) is 0 Å². The predicted molar refractivity (Wildman–Crippen MR) is 89.5 cm³/mol. The first-order chi connectivity index (χ1) is 12.3. The molecular weight excluding hydrogens is 320 g/mol. The van der Waals surface area contributed by atoms with Crippen LogP contribution in [0.15, 0.2) is 42.9 Å². The molecule has 25 heavy (non-hydrogen) atoms. The summed E-state index contributed by atoms with van der Waals surface area (Å²) in [5, 5.41) is 8.24. The number of rotatable bonds is 4. The highest BCUT2D eigenvalue weighted by atomic mass is 16.5. The Morgan fingerprint density at radius 2 is 2.20 bits per heavy atom. The van der Waals surface area contributed by atoms with Gasteiger partial charge in [-0.05, 0) is 12.1 Å². The van der Waals surface area contributed by atoms with Crippen molar-refractivity contribution in [2.24, 2.45) is 0 Å². The van der Waals surface area contributed by atoms with Crippen LogP contribution in [0.25, 0.3) is 11.0 Å². The van der Waals surface area contributed by atoms with E-state index < -0.39 is 0 Å². The summed E-state index contributed by atoms with van der Waals surface area (Å²) in [4.78, 5) is 22.7. The summed E-state index contributed by atoms with van der Waals surface area (Å²) in [5.74, 6) is 0.0803. The van der Waals surface area contributed by atoms with Crippen molar-refractivity contribution in [2.75, 3.05) is 19.7 Å². The number of nitrogens with zero attached hydrogens (tertiary/aromatic N) is 6. The van der Waals surface area contributed by atoms with Crippen LogP contribution in [0.1, 0.15) is 18.2 Å². The van der Waals surface area contributed by atoms with Crippen molar-refractivity contribution in [1.29, 1.82) is 0 Å². The predicted octanol–water partition coefficient (Wildman–Crippen LogP) is 1.21. The van der Waals surface area contributed by atoms with Crippen LogP contribution < -0.4 is 0 Å². The minimum Gasteiger partial charge on any atom is -0.368 e. The van der Waals surface area contributed by atoms with Crippen LogP contribution in [-0.4, -0.2) is 55.5 Å². The van der Waals surface area contributed by atoms with Gasteiger partial charge in [-0.3, -0.25) is 14.8 Å². The number of morpholine rings is 1. The summed E-state index contributed by atoms with van der Waals surface area (Å²) < 4.78 is 7.50. The van der Waals surface area contributed by atoms with Gasteiger partial charge in [-0.25, -0.2) is 4.68 Å². The van der Waals surface area contributed by atoms with E-state index in [2.05, 4.69) is 20.3 Å². The average Bonchev–Trinajstić information content (AvgIpc) is 3.10. The number of para-hydroxylation sites is 1. The van der Waals surface area contributed by atoms with Gasteiger partial charge in [0, 0.05) is 25.4 Å². The number of fused-ring (bicyclic) bond motifs is 1. The summed E-state index contributed by atoms with van der Waals surface area (Å²) in [6, 6.07) is 7.73. The van der Waals surface area contributed by atoms with Crippen LogP contribution in [0.5, 0.6) is 0 Å². The summed E-state index contributed by atoms with van der Waals surface area (Å²) in [6.45, 7) is 2.09. The minimum absolute atomic E-state index is 0.0803. The Hall–Kier alpha value is -2.87. The second-order valence-corrected chi connectivity index (χ2v) is 5.88. The fourth-order valence-electron chi connectivity index (χ4n) is 2.97. The normalized spacial score (nSPS) is 17.8. The third kappa shape index (κ3) is 3.34. The molecule has 0 spiro atoms. The summed E-state index contributed by atoms with van der Waals surface area (Å²) >= 11 is 0. The molecule has 0 bridgehead atoms. The molecule has 0 N–H and O–H groups in total. The Bertz CT molecular complexity index is 866. The Balaban J connectivity index is 1.39. The second-order valence-electron chi connectivity index (χ2n) is 5.88. The van der Waals surface area contributed by atoms with Crippen molar-refractivity contribution in [2.45, 2.75) is 19.1 Å². The Morgan fingerprint density at radius 1 is 1.28 bits per heavy atom. The lowest BCUT2D eigenvalue weighted by Gasteiger charge is -2.32. The highest BCUT2D eigenvalue weighted by Crippen LogP contribution is 2.20. The van der Waals surface area contributed by atoms with E-state index in [1.165, 1.54) is 0 Å². The lowest BCUT2D eigenvalue weighted by atomic mass is 10.2. The summed E-state index contributed by atoms with van der Waals surface area (Å²) in [5.41, 5.74) is 2.53. The number of hydrogen-bond donors (Lipinski definition) is 0. The zero-order valence-electron chi connectivity index (χ0n) is 13.7. The molecule has 1 aliphatic heterocycles. The van der Waals surface area contributed by atoms with Crippen molar-refractivity contribution in [3.05, 3.63) is 48.5 Å². The Kier molecular flexibility index (Phi) is 4.34. The lowest BCUT2D eigenvalue weighted by molar-refractivity contribution is -0.139. The fourth-order valence-corrected chi connectivity index (χ4v) is 2.97.